The van der Waals surface area contributed by atoms with Gasteiger partial charge in [0.2, 0.25) is 5.95 Å². The number of carbonyl (C=O) groups excluding carboxylic acids is 1. The molecule has 1 fully saturated rings. The van der Waals surface area contributed by atoms with E-state index in [1.807, 2.05) is 67.5 Å². The number of fused-ring (bicyclic) bond motifs is 1. The summed E-state index contributed by atoms with van der Waals surface area (Å²) >= 11 is 3.45. The fourth-order valence-electron chi connectivity index (χ4n) is 3.94. The van der Waals surface area contributed by atoms with Crippen molar-refractivity contribution in [2.75, 3.05) is 29.6 Å². The summed E-state index contributed by atoms with van der Waals surface area (Å²) in [6, 6.07) is 15.9. The topological polar surface area (TPSA) is 82.2 Å². The van der Waals surface area contributed by atoms with Crippen molar-refractivity contribution in [1.82, 2.24) is 15.3 Å². The SMILES string of the molecule is CN(C)c1nc(NC2CCC(NC(=O)Nc3ccccc3Br)CC2)nc2ccccc12. The second-order valence-electron chi connectivity index (χ2n) is 8.05. The van der Waals surface area contributed by atoms with E-state index in [9.17, 15) is 4.79 Å². The third kappa shape index (κ3) is 5.25. The third-order valence-corrected chi connectivity index (χ3v) is 6.22. The summed E-state index contributed by atoms with van der Waals surface area (Å²) < 4.78 is 0.866. The number of nitrogens with one attached hydrogen (secondary N) is 3. The number of urea groups is 1. The van der Waals surface area contributed by atoms with Crippen molar-refractivity contribution in [3.63, 3.8) is 0 Å². The normalized spacial score (nSPS) is 18.4. The van der Waals surface area contributed by atoms with Crippen LogP contribution in [-0.2, 0) is 0 Å². The maximum atomic E-state index is 12.3. The summed E-state index contributed by atoms with van der Waals surface area (Å²) in [5.74, 6) is 1.57. The van der Waals surface area contributed by atoms with Crippen LogP contribution in [-0.4, -0.2) is 42.2 Å². The standard InChI is InChI=1S/C23H27BrN6O/c1-30(2)21-17-7-3-5-9-19(17)27-22(29-21)25-15-11-13-16(14-12-15)26-23(31)28-20-10-6-4-8-18(20)24/h3-10,15-16H,11-14H2,1-2H3,(H,25,27,29)(H2,26,28,31). The molecule has 2 aromatic carbocycles. The first-order chi connectivity index (χ1) is 15.0. The Morgan fingerprint density at radius 3 is 2.39 bits per heavy atom. The molecule has 1 aliphatic carbocycles. The average molecular weight is 483 g/mol. The van der Waals surface area contributed by atoms with Gasteiger partial charge in [-0.1, -0.05) is 24.3 Å². The van der Waals surface area contributed by atoms with Crippen LogP contribution in [0.25, 0.3) is 10.9 Å². The highest BCUT2D eigenvalue weighted by Gasteiger charge is 2.23. The van der Waals surface area contributed by atoms with Crippen LogP contribution in [0.3, 0.4) is 0 Å². The molecule has 4 rings (SSSR count). The Bertz CT molecular complexity index is 1060. The molecular weight excluding hydrogens is 456 g/mol. The van der Waals surface area contributed by atoms with Crippen molar-refractivity contribution < 1.29 is 4.79 Å². The lowest BCUT2D eigenvalue weighted by molar-refractivity contribution is 0.243. The predicted octanol–water partition coefficient (Wildman–Crippen LogP) is 5.00. The molecule has 1 saturated carbocycles. The van der Waals surface area contributed by atoms with E-state index >= 15 is 0 Å². The molecule has 0 saturated heterocycles. The van der Waals surface area contributed by atoms with Gasteiger partial charge in [-0.2, -0.15) is 4.98 Å². The fourth-order valence-corrected chi connectivity index (χ4v) is 4.32. The Kier molecular flexibility index (Phi) is 6.56. The van der Waals surface area contributed by atoms with Gasteiger partial charge in [-0.3, -0.25) is 0 Å². The first-order valence-corrected chi connectivity index (χ1v) is 11.3. The Hall–Kier alpha value is -2.87. The van der Waals surface area contributed by atoms with Crippen LogP contribution >= 0.6 is 15.9 Å². The number of nitrogens with zero attached hydrogens (tertiary/aromatic N) is 3. The smallest absolute Gasteiger partial charge is 0.319 e. The molecule has 0 unspecified atom stereocenters. The van der Waals surface area contributed by atoms with Crippen LogP contribution < -0.4 is 20.9 Å². The number of benzene rings is 2. The van der Waals surface area contributed by atoms with E-state index in [2.05, 4.69) is 31.9 Å². The monoisotopic (exact) mass is 482 g/mol. The van der Waals surface area contributed by atoms with Crippen molar-refractivity contribution in [3.8, 4) is 0 Å². The van der Waals surface area contributed by atoms with Crippen LogP contribution in [0.15, 0.2) is 53.0 Å². The third-order valence-electron chi connectivity index (χ3n) is 5.52. The number of hydrogen-bond donors (Lipinski definition) is 3. The molecule has 2 amide bonds. The summed E-state index contributed by atoms with van der Waals surface area (Å²) in [4.78, 5) is 23.8. The highest BCUT2D eigenvalue weighted by Crippen LogP contribution is 2.26. The lowest BCUT2D eigenvalue weighted by atomic mass is 9.91. The maximum Gasteiger partial charge on any atom is 0.319 e. The molecular formula is C23H27BrN6O. The molecule has 0 bridgehead atoms. The van der Waals surface area contributed by atoms with Gasteiger partial charge in [-0.05, 0) is 65.9 Å². The first-order valence-electron chi connectivity index (χ1n) is 10.5. The van der Waals surface area contributed by atoms with Crippen molar-refractivity contribution >= 4 is 50.3 Å². The Morgan fingerprint density at radius 2 is 1.65 bits per heavy atom. The molecule has 0 aliphatic heterocycles. The van der Waals surface area contributed by atoms with E-state index in [0.717, 1.165) is 52.6 Å². The van der Waals surface area contributed by atoms with Crippen molar-refractivity contribution in [2.45, 2.75) is 37.8 Å². The lowest BCUT2D eigenvalue weighted by Gasteiger charge is -2.30. The van der Waals surface area contributed by atoms with E-state index < -0.39 is 0 Å². The molecule has 0 radical (unpaired) electrons. The van der Waals surface area contributed by atoms with E-state index in [1.54, 1.807) is 0 Å². The van der Waals surface area contributed by atoms with Crippen LogP contribution in [0.2, 0.25) is 0 Å². The maximum absolute atomic E-state index is 12.3. The second kappa shape index (κ2) is 9.51. The van der Waals surface area contributed by atoms with Gasteiger partial charge >= 0.3 is 6.03 Å². The number of halogens is 1. The number of aromatic nitrogens is 2. The predicted molar refractivity (Wildman–Crippen MR) is 130 cm³/mol. The van der Waals surface area contributed by atoms with Gasteiger partial charge in [0.05, 0.1) is 11.2 Å². The highest BCUT2D eigenvalue weighted by molar-refractivity contribution is 9.10. The minimum Gasteiger partial charge on any atom is -0.362 e. The van der Waals surface area contributed by atoms with Gasteiger partial charge in [0.25, 0.3) is 0 Å². The molecule has 1 aromatic heterocycles. The summed E-state index contributed by atoms with van der Waals surface area (Å²) in [5, 5.41) is 10.5. The fraction of sp³-hybridized carbons (Fsp3) is 0.348. The summed E-state index contributed by atoms with van der Waals surface area (Å²) in [7, 11) is 3.99. The number of para-hydroxylation sites is 2. The van der Waals surface area contributed by atoms with Gasteiger partial charge in [0, 0.05) is 36.0 Å². The van der Waals surface area contributed by atoms with Crippen molar-refractivity contribution in [2.24, 2.45) is 0 Å². The van der Waals surface area contributed by atoms with Gasteiger partial charge in [0.1, 0.15) is 5.82 Å². The van der Waals surface area contributed by atoms with E-state index in [1.165, 1.54) is 0 Å². The van der Waals surface area contributed by atoms with E-state index in [-0.39, 0.29) is 12.1 Å². The Labute approximate surface area is 190 Å². The van der Waals surface area contributed by atoms with Crippen molar-refractivity contribution in [3.05, 3.63) is 53.0 Å². The van der Waals surface area contributed by atoms with Gasteiger partial charge in [0.15, 0.2) is 0 Å². The average Bonchev–Trinajstić information content (AvgIpc) is 2.76. The first kappa shape index (κ1) is 21.4. The summed E-state index contributed by atoms with van der Waals surface area (Å²) in [6.07, 6.45) is 3.73. The highest BCUT2D eigenvalue weighted by atomic mass is 79.9. The van der Waals surface area contributed by atoms with Gasteiger partial charge in [-0.25, -0.2) is 9.78 Å². The number of anilines is 3. The number of carbonyl (C=O) groups is 1. The summed E-state index contributed by atoms with van der Waals surface area (Å²) in [5.41, 5.74) is 1.70. The van der Waals surface area contributed by atoms with Crippen LogP contribution in [0.1, 0.15) is 25.7 Å². The number of amides is 2. The zero-order valence-corrected chi connectivity index (χ0v) is 19.3. The minimum absolute atomic E-state index is 0.162. The molecule has 3 N–H and O–H groups in total. The largest absolute Gasteiger partial charge is 0.362 e. The Morgan fingerprint density at radius 1 is 0.968 bits per heavy atom. The van der Waals surface area contributed by atoms with Crippen LogP contribution in [0.5, 0.6) is 0 Å². The quantitative estimate of drug-likeness (QED) is 0.476. The number of hydrogen-bond acceptors (Lipinski definition) is 5. The zero-order valence-electron chi connectivity index (χ0n) is 17.7. The molecule has 1 heterocycles. The molecule has 0 spiro atoms. The van der Waals surface area contributed by atoms with Crippen molar-refractivity contribution in [1.29, 1.82) is 0 Å². The molecule has 162 valence electrons. The minimum atomic E-state index is -0.170. The number of rotatable bonds is 5. The summed E-state index contributed by atoms with van der Waals surface area (Å²) in [6.45, 7) is 0. The Balaban J connectivity index is 1.33. The lowest BCUT2D eigenvalue weighted by Crippen LogP contribution is -2.42. The van der Waals surface area contributed by atoms with Crippen LogP contribution in [0.4, 0.5) is 22.2 Å². The molecule has 8 heteroatoms. The molecule has 31 heavy (non-hydrogen) atoms. The van der Waals surface area contributed by atoms with Gasteiger partial charge in [-0.15, -0.1) is 0 Å². The second-order valence-corrected chi connectivity index (χ2v) is 8.91. The molecule has 0 atom stereocenters. The molecule has 3 aromatic rings. The molecule has 1 aliphatic rings. The van der Waals surface area contributed by atoms with E-state index in [4.69, 9.17) is 9.97 Å². The zero-order chi connectivity index (χ0) is 21.8. The van der Waals surface area contributed by atoms with E-state index in [0.29, 0.717) is 12.0 Å². The molecule has 7 nitrogen and oxygen atoms in total. The van der Waals surface area contributed by atoms with Gasteiger partial charge < -0.3 is 20.9 Å². The van der Waals surface area contributed by atoms with Crippen LogP contribution in [0, 0.1) is 0 Å².